The molecule has 1 heterocycles. The Morgan fingerprint density at radius 1 is 1.17 bits per heavy atom. The zero-order valence-corrected chi connectivity index (χ0v) is 13.5. The minimum absolute atomic E-state index is 0.231. The maximum absolute atomic E-state index is 13.6. The van der Waals surface area contributed by atoms with Crippen molar-refractivity contribution < 1.29 is 13.7 Å². The molecule has 0 radical (unpaired) electrons. The van der Waals surface area contributed by atoms with Crippen LogP contribution in [0.4, 0.5) is 4.39 Å². The third kappa shape index (κ3) is 3.35. The Bertz CT molecular complexity index is 869. The van der Waals surface area contributed by atoms with Crippen molar-refractivity contribution in [2.45, 2.75) is 20.4 Å². The molecule has 122 valence electrons. The highest BCUT2D eigenvalue weighted by atomic mass is 19.1. The molecule has 0 aliphatic rings. The van der Waals surface area contributed by atoms with Gasteiger partial charge in [0.05, 0.1) is 6.20 Å². The summed E-state index contributed by atoms with van der Waals surface area (Å²) < 4.78 is 18.8. The zero-order chi connectivity index (χ0) is 17.1. The Labute approximate surface area is 139 Å². The second-order valence-corrected chi connectivity index (χ2v) is 5.70. The van der Waals surface area contributed by atoms with E-state index in [0.717, 1.165) is 11.1 Å². The second-order valence-electron chi connectivity index (χ2n) is 5.70. The van der Waals surface area contributed by atoms with E-state index in [0.29, 0.717) is 22.5 Å². The first-order valence-electron chi connectivity index (χ1n) is 7.59. The van der Waals surface area contributed by atoms with Gasteiger partial charge in [-0.2, -0.15) is 0 Å². The molecule has 3 aromatic rings. The average Bonchev–Trinajstić information content (AvgIpc) is 3.06. The van der Waals surface area contributed by atoms with Crippen LogP contribution in [0.1, 0.15) is 27.0 Å². The summed E-state index contributed by atoms with van der Waals surface area (Å²) in [7, 11) is 0. The normalized spacial score (nSPS) is 10.6. The summed E-state index contributed by atoms with van der Waals surface area (Å²) in [5.74, 6) is -0.178. The van der Waals surface area contributed by atoms with Crippen LogP contribution in [0.2, 0.25) is 0 Å². The van der Waals surface area contributed by atoms with Gasteiger partial charge in [-0.25, -0.2) is 4.39 Å². The molecular weight excluding hydrogens is 307 g/mol. The predicted molar refractivity (Wildman–Crippen MR) is 89.0 cm³/mol. The highest BCUT2D eigenvalue weighted by Gasteiger charge is 2.17. The van der Waals surface area contributed by atoms with E-state index in [2.05, 4.69) is 10.5 Å². The van der Waals surface area contributed by atoms with Crippen molar-refractivity contribution in [2.75, 3.05) is 0 Å². The van der Waals surface area contributed by atoms with Crippen LogP contribution in [-0.2, 0) is 6.54 Å². The fourth-order valence-electron chi connectivity index (χ4n) is 2.34. The highest BCUT2D eigenvalue weighted by Crippen LogP contribution is 2.24. The molecule has 1 aromatic heterocycles. The highest BCUT2D eigenvalue weighted by molar-refractivity contribution is 5.99. The van der Waals surface area contributed by atoms with Crippen molar-refractivity contribution in [1.82, 2.24) is 10.5 Å². The lowest BCUT2D eigenvalue weighted by atomic mass is 10.1. The Hall–Kier alpha value is -2.95. The quantitative estimate of drug-likeness (QED) is 0.788. The van der Waals surface area contributed by atoms with Crippen LogP contribution in [0, 0.1) is 19.7 Å². The number of nitrogens with one attached hydrogen (secondary N) is 1. The first kappa shape index (κ1) is 15.9. The molecule has 1 N–H and O–H groups in total. The second kappa shape index (κ2) is 6.66. The van der Waals surface area contributed by atoms with Gasteiger partial charge in [0, 0.05) is 12.1 Å². The molecule has 3 rings (SSSR count). The number of hydrogen-bond acceptors (Lipinski definition) is 3. The molecule has 0 fully saturated rings. The average molecular weight is 324 g/mol. The summed E-state index contributed by atoms with van der Waals surface area (Å²) in [5, 5.41) is 6.49. The molecule has 0 unspecified atom stereocenters. The summed E-state index contributed by atoms with van der Waals surface area (Å²) in [5.41, 5.74) is 3.52. The van der Waals surface area contributed by atoms with Crippen molar-refractivity contribution >= 4 is 5.91 Å². The molecule has 0 bridgehead atoms. The van der Waals surface area contributed by atoms with Gasteiger partial charge < -0.3 is 9.84 Å². The lowest BCUT2D eigenvalue weighted by Crippen LogP contribution is -2.23. The number of carbonyl (C=O) groups is 1. The van der Waals surface area contributed by atoms with Crippen molar-refractivity contribution in [3.05, 3.63) is 76.7 Å². The van der Waals surface area contributed by atoms with E-state index in [1.54, 1.807) is 19.1 Å². The predicted octanol–water partition coefficient (Wildman–Crippen LogP) is 4.03. The Kier molecular flexibility index (Phi) is 4.42. The molecule has 5 heteroatoms. The first-order chi connectivity index (χ1) is 11.5. The fraction of sp³-hybridized carbons (Fsp3) is 0.158. The summed E-state index contributed by atoms with van der Waals surface area (Å²) in [6.07, 6.45) is 1.39. The van der Waals surface area contributed by atoms with Crippen molar-refractivity contribution in [3.8, 4) is 11.3 Å². The van der Waals surface area contributed by atoms with Crippen LogP contribution in [0.15, 0.2) is 53.2 Å². The van der Waals surface area contributed by atoms with Gasteiger partial charge in [-0.3, -0.25) is 4.79 Å². The summed E-state index contributed by atoms with van der Waals surface area (Å²) in [4.78, 5) is 12.4. The van der Waals surface area contributed by atoms with Crippen LogP contribution >= 0.6 is 0 Å². The van der Waals surface area contributed by atoms with E-state index >= 15 is 0 Å². The van der Waals surface area contributed by atoms with Gasteiger partial charge in [0.25, 0.3) is 5.91 Å². The van der Waals surface area contributed by atoms with Crippen molar-refractivity contribution in [3.63, 3.8) is 0 Å². The summed E-state index contributed by atoms with van der Waals surface area (Å²) >= 11 is 0. The SMILES string of the molecule is Cc1ccc(-c2oncc2C(=O)NCc2ccc(C)c(F)c2)cc1. The molecule has 0 aliphatic heterocycles. The molecule has 0 atom stereocenters. The molecule has 2 aromatic carbocycles. The first-order valence-corrected chi connectivity index (χ1v) is 7.59. The van der Waals surface area contributed by atoms with Gasteiger partial charge in [-0.05, 0) is 31.0 Å². The van der Waals surface area contributed by atoms with E-state index in [4.69, 9.17) is 4.52 Å². The lowest BCUT2D eigenvalue weighted by Gasteiger charge is -2.06. The fourth-order valence-corrected chi connectivity index (χ4v) is 2.34. The Morgan fingerprint density at radius 3 is 2.62 bits per heavy atom. The number of hydrogen-bond donors (Lipinski definition) is 1. The monoisotopic (exact) mass is 324 g/mol. The number of benzene rings is 2. The van der Waals surface area contributed by atoms with E-state index < -0.39 is 0 Å². The van der Waals surface area contributed by atoms with Crippen LogP contribution in [0.3, 0.4) is 0 Å². The third-order valence-electron chi connectivity index (χ3n) is 3.82. The van der Waals surface area contributed by atoms with Gasteiger partial charge in [0.15, 0.2) is 5.76 Å². The number of rotatable bonds is 4. The Morgan fingerprint density at radius 2 is 1.92 bits per heavy atom. The standard InChI is InChI=1S/C19H17FN2O2/c1-12-3-7-15(8-4-12)18-16(11-22-24-18)19(23)21-10-14-6-5-13(2)17(20)9-14/h3-9,11H,10H2,1-2H3,(H,21,23). The van der Waals surface area contributed by atoms with Gasteiger partial charge in [0.2, 0.25) is 0 Å². The molecular formula is C19H17FN2O2. The minimum Gasteiger partial charge on any atom is -0.355 e. The summed E-state index contributed by atoms with van der Waals surface area (Å²) in [6, 6.07) is 12.5. The summed E-state index contributed by atoms with van der Waals surface area (Å²) in [6.45, 7) is 3.91. The van der Waals surface area contributed by atoms with Crippen LogP contribution in [0.25, 0.3) is 11.3 Å². The van der Waals surface area contributed by atoms with Gasteiger partial charge in [0.1, 0.15) is 11.4 Å². The maximum Gasteiger partial charge on any atom is 0.257 e. The number of nitrogens with zero attached hydrogens (tertiary/aromatic N) is 1. The lowest BCUT2D eigenvalue weighted by molar-refractivity contribution is 0.0951. The van der Waals surface area contributed by atoms with E-state index in [1.807, 2.05) is 31.2 Å². The molecule has 0 aliphatic carbocycles. The van der Waals surface area contributed by atoms with Gasteiger partial charge in [-0.15, -0.1) is 0 Å². The molecule has 0 saturated carbocycles. The zero-order valence-electron chi connectivity index (χ0n) is 13.5. The Balaban J connectivity index is 1.75. The molecule has 0 saturated heterocycles. The topological polar surface area (TPSA) is 55.1 Å². The van der Waals surface area contributed by atoms with Crippen LogP contribution < -0.4 is 5.32 Å². The maximum atomic E-state index is 13.6. The number of amides is 1. The van der Waals surface area contributed by atoms with Gasteiger partial charge >= 0.3 is 0 Å². The molecule has 24 heavy (non-hydrogen) atoms. The van der Waals surface area contributed by atoms with Crippen LogP contribution in [0.5, 0.6) is 0 Å². The molecule has 0 spiro atoms. The number of halogens is 1. The number of aromatic nitrogens is 1. The third-order valence-corrected chi connectivity index (χ3v) is 3.82. The molecule has 1 amide bonds. The molecule has 4 nitrogen and oxygen atoms in total. The smallest absolute Gasteiger partial charge is 0.257 e. The van der Waals surface area contributed by atoms with Crippen molar-refractivity contribution in [2.24, 2.45) is 0 Å². The number of carbonyl (C=O) groups excluding carboxylic acids is 1. The van der Waals surface area contributed by atoms with Gasteiger partial charge in [-0.1, -0.05) is 47.1 Å². The van der Waals surface area contributed by atoms with E-state index in [9.17, 15) is 9.18 Å². The van der Waals surface area contributed by atoms with Crippen LogP contribution in [-0.4, -0.2) is 11.1 Å². The van der Waals surface area contributed by atoms with Crippen molar-refractivity contribution in [1.29, 1.82) is 0 Å². The van der Waals surface area contributed by atoms with E-state index in [1.165, 1.54) is 12.3 Å². The number of aryl methyl sites for hydroxylation is 2. The van der Waals surface area contributed by atoms with E-state index in [-0.39, 0.29) is 18.3 Å². The largest absolute Gasteiger partial charge is 0.355 e. The minimum atomic E-state index is -0.312.